The number of aliphatic hydroxyl groups excluding tert-OH is 1. The van der Waals surface area contributed by atoms with Gasteiger partial charge >= 0.3 is 0 Å². The molecule has 0 aromatic heterocycles. The second-order valence-electron chi connectivity index (χ2n) is 3.02. The second kappa shape index (κ2) is 6.34. The minimum absolute atomic E-state index is 0.0350. The van der Waals surface area contributed by atoms with E-state index in [0.29, 0.717) is 11.4 Å². The first kappa shape index (κ1) is 12.8. The molecular weight excluding hydrogens is 228 g/mol. The maximum Gasteiger partial charge on any atom is 0.283 e. The van der Waals surface area contributed by atoms with Crippen molar-refractivity contribution in [3.05, 3.63) is 28.3 Å². The van der Waals surface area contributed by atoms with Gasteiger partial charge in [-0.2, -0.15) is 0 Å². The number of nitro benzene ring substituents is 1. The molecular formula is C10H14N2O3S. The molecule has 0 bridgehead atoms. The predicted molar refractivity (Wildman–Crippen MR) is 65.1 cm³/mol. The zero-order chi connectivity index (χ0) is 12.0. The molecule has 0 spiro atoms. The number of hydrogen-bond donors (Lipinski definition) is 2. The number of aliphatic hydroxyl groups is 1. The molecule has 0 heterocycles. The summed E-state index contributed by atoms with van der Waals surface area (Å²) in [4.78, 5) is 11.0. The molecule has 6 heteroatoms. The van der Waals surface area contributed by atoms with Gasteiger partial charge in [-0.3, -0.25) is 10.1 Å². The van der Waals surface area contributed by atoms with Gasteiger partial charge in [-0.15, -0.1) is 11.8 Å². The largest absolute Gasteiger partial charge is 0.395 e. The van der Waals surface area contributed by atoms with Gasteiger partial charge in [0.15, 0.2) is 0 Å². The minimum Gasteiger partial charge on any atom is -0.395 e. The van der Waals surface area contributed by atoms with E-state index in [1.807, 2.05) is 6.92 Å². The fourth-order valence-corrected chi connectivity index (χ4v) is 2.06. The SMILES string of the molecule is CCSc1cc(NCCO)ccc1[N+](=O)[O-]. The number of nitrogens with zero attached hydrogens (tertiary/aromatic N) is 1. The van der Waals surface area contributed by atoms with Crippen molar-refractivity contribution in [2.45, 2.75) is 11.8 Å². The molecule has 1 rings (SSSR count). The summed E-state index contributed by atoms with van der Waals surface area (Å²) in [5.41, 5.74) is 0.914. The molecule has 0 aliphatic carbocycles. The van der Waals surface area contributed by atoms with Crippen LogP contribution in [0.4, 0.5) is 11.4 Å². The van der Waals surface area contributed by atoms with Gasteiger partial charge < -0.3 is 10.4 Å². The Labute approximate surface area is 98.0 Å². The van der Waals surface area contributed by atoms with E-state index >= 15 is 0 Å². The summed E-state index contributed by atoms with van der Waals surface area (Å²) in [6, 6.07) is 4.87. The molecule has 1 aromatic carbocycles. The Morgan fingerprint density at radius 1 is 1.56 bits per heavy atom. The highest BCUT2D eigenvalue weighted by molar-refractivity contribution is 7.99. The fraction of sp³-hybridized carbons (Fsp3) is 0.400. The molecule has 0 amide bonds. The lowest BCUT2D eigenvalue weighted by atomic mass is 10.3. The van der Waals surface area contributed by atoms with Crippen LogP contribution in [0.15, 0.2) is 23.1 Å². The van der Waals surface area contributed by atoms with E-state index in [9.17, 15) is 10.1 Å². The molecule has 0 unspecified atom stereocenters. The lowest BCUT2D eigenvalue weighted by Crippen LogP contribution is -2.05. The molecule has 0 saturated carbocycles. The summed E-state index contributed by atoms with van der Waals surface area (Å²) < 4.78 is 0. The predicted octanol–water partition coefficient (Wildman–Crippen LogP) is 2.11. The van der Waals surface area contributed by atoms with Crippen molar-refractivity contribution < 1.29 is 10.0 Å². The van der Waals surface area contributed by atoms with Crippen LogP contribution in [0.5, 0.6) is 0 Å². The number of thioether (sulfide) groups is 1. The van der Waals surface area contributed by atoms with E-state index in [-0.39, 0.29) is 17.2 Å². The third-order valence-electron chi connectivity index (χ3n) is 1.90. The third-order valence-corrected chi connectivity index (χ3v) is 2.82. The number of anilines is 1. The van der Waals surface area contributed by atoms with Crippen LogP contribution < -0.4 is 5.32 Å². The molecule has 88 valence electrons. The molecule has 0 radical (unpaired) electrons. The molecule has 0 aliphatic rings. The number of benzene rings is 1. The highest BCUT2D eigenvalue weighted by Gasteiger charge is 2.13. The first-order valence-electron chi connectivity index (χ1n) is 4.95. The van der Waals surface area contributed by atoms with Crippen LogP contribution in [0.1, 0.15) is 6.92 Å². The lowest BCUT2D eigenvalue weighted by Gasteiger charge is -2.07. The highest BCUT2D eigenvalue weighted by atomic mass is 32.2. The highest BCUT2D eigenvalue weighted by Crippen LogP contribution is 2.31. The van der Waals surface area contributed by atoms with Crippen LogP contribution in [0.3, 0.4) is 0 Å². The molecule has 5 nitrogen and oxygen atoms in total. The van der Waals surface area contributed by atoms with Crippen molar-refractivity contribution in [2.75, 3.05) is 24.2 Å². The quantitative estimate of drug-likeness (QED) is 0.454. The molecule has 0 saturated heterocycles. The Bertz CT molecular complexity index is 371. The molecule has 16 heavy (non-hydrogen) atoms. The maximum absolute atomic E-state index is 10.8. The van der Waals surface area contributed by atoms with Crippen molar-refractivity contribution in [3.8, 4) is 0 Å². The first-order chi connectivity index (χ1) is 7.69. The van der Waals surface area contributed by atoms with E-state index in [2.05, 4.69) is 5.32 Å². The van der Waals surface area contributed by atoms with Gasteiger partial charge in [0.1, 0.15) is 0 Å². The van der Waals surface area contributed by atoms with Gasteiger partial charge in [0.25, 0.3) is 5.69 Å². The average Bonchev–Trinajstić information content (AvgIpc) is 2.26. The third kappa shape index (κ3) is 3.39. The Morgan fingerprint density at radius 3 is 2.88 bits per heavy atom. The molecule has 2 N–H and O–H groups in total. The summed E-state index contributed by atoms with van der Waals surface area (Å²) in [6.07, 6.45) is 0. The van der Waals surface area contributed by atoms with E-state index in [1.54, 1.807) is 12.1 Å². The zero-order valence-electron chi connectivity index (χ0n) is 8.97. The van der Waals surface area contributed by atoms with E-state index in [0.717, 1.165) is 11.4 Å². The number of rotatable bonds is 6. The smallest absolute Gasteiger partial charge is 0.283 e. The van der Waals surface area contributed by atoms with Crippen LogP contribution in [0.2, 0.25) is 0 Å². The summed E-state index contributed by atoms with van der Waals surface area (Å²) in [5.74, 6) is 0.782. The Morgan fingerprint density at radius 2 is 2.31 bits per heavy atom. The summed E-state index contributed by atoms with van der Waals surface area (Å²) in [7, 11) is 0. The summed E-state index contributed by atoms with van der Waals surface area (Å²) >= 11 is 1.43. The van der Waals surface area contributed by atoms with Crippen LogP contribution >= 0.6 is 11.8 Å². The van der Waals surface area contributed by atoms with Crippen molar-refractivity contribution >= 4 is 23.1 Å². The Balaban J connectivity index is 2.92. The topological polar surface area (TPSA) is 75.4 Å². The van der Waals surface area contributed by atoms with E-state index < -0.39 is 0 Å². The van der Waals surface area contributed by atoms with Gasteiger partial charge in [0.05, 0.1) is 16.4 Å². The van der Waals surface area contributed by atoms with Gasteiger partial charge in [0, 0.05) is 18.3 Å². The number of nitrogens with one attached hydrogen (secondary N) is 1. The van der Waals surface area contributed by atoms with E-state index in [4.69, 9.17) is 5.11 Å². The van der Waals surface area contributed by atoms with Crippen LogP contribution in [0, 0.1) is 10.1 Å². The average molecular weight is 242 g/mol. The minimum atomic E-state index is -0.381. The van der Waals surface area contributed by atoms with Crippen LogP contribution in [-0.2, 0) is 0 Å². The Kier molecular flexibility index (Phi) is 5.07. The van der Waals surface area contributed by atoms with Crippen LogP contribution in [-0.4, -0.2) is 28.9 Å². The first-order valence-corrected chi connectivity index (χ1v) is 5.93. The second-order valence-corrected chi connectivity index (χ2v) is 4.33. The lowest BCUT2D eigenvalue weighted by molar-refractivity contribution is -0.387. The Hall–Kier alpha value is -1.27. The van der Waals surface area contributed by atoms with Gasteiger partial charge in [0.2, 0.25) is 0 Å². The molecule has 1 aromatic rings. The molecule has 0 aliphatic heterocycles. The van der Waals surface area contributed by atoms with Gasteiger partial charge in [-0.05, 0) is 17.9 Å². The number of hydrogen-bond acceptors (Lipinski definition) is 5. The fourth-order valence-electron chi connectivity index (χ4n) is 1.25. The van der Waals surface area contributed by atoms with E-state index in [1.165, 1.54) is 17.8 Å². The van der Waals surface area contributed by atoms with Gasteiger partial charge in [-0.25, -0.2) is 0 Å². The summed E-state index contributed by atoms with van der Waals surface area (Å²) in [6.45, 7) is 2.42. The number of nitro groups is 1. The molecule has 0 atom stereocenters. The maximum atomic E-state index is 10.8. The van der Waals surface area contributed by atoms with Crippen LogP contribution in [0.25, 0.3) is 0 Å². The van der Waals surface area contributed by atoms with Crippen molar-refractivity contribution in [1.29, 1.82) is 0 Å². The molecule has 0 fully saturated rings. The monoisotopic (exact) mass is 242 g/mol. The normalized spacial score (nSPS) is 10.1. The van der Waals surface area contributed by atoms with Gasteiger partial charge in [-0.1, -0.05) is 6.92 Å². The van der Waals surface area contributed by atoms with Crippen molar-refractivity contribution in [3.63, 3.8) is 0 Å². The standard InChI is InChI=1S/C10H14N2O3S/c1-2-16-10-7-8(11-5-6-13)3-4-9(10)12(14)15/h3-4,7,11,13H,2,5-6H2,1H3. The zero-order valence-corrected chi connectivity index (χ0v) is 9.79. The van der Waals surface area contributed by atoms with Crippen molar-refractivity contribution in [1.82, 2.24) is 0 Å². The summed E-state index contributed by atoms with van der Waals surface area (Å²) in [5, 5.41) is 22.4. The van der Waals surface area contributed by atoms with Crippen molar-refractivity contribution in [2.24, 2.45) is 0 Å².